The maximum atomic E-state index is 13.8. The van der Waals surface area contributed by atoms with Crippen LogP contribution in [0, 0.1) is 5.92 Å². The summed E-state index contributed by atoms with van der Waals surface area (Å²) < 4.78 is 1.81. The number of amides is 2. The summed E-state index contributed by atoms with van der Waals surface area (Å²) in [4.78, 5) is 28.3. The van der Waals surface area contributed by atoms with E-state index in [0.29, 0.717) is 18.3 Å². The van der Waals surface area contributed by atoms with E-state index < -0.39 is 5.41 Å². The van der Waals surface area contributed by atoms with Gasteiger partial charge in [0.05, 0.1) is 11.7 Å². The predicted octanol–water partition coefficient (Wildman–Crippen LogP) is 3.27. The number of fused-ring (bicyclic) bond motifs is 4. The lowest BCUT2D eigenvalue weighted by Gasteiger charge is -2.34. The van der Waals surface area contributed by atoms with Crippen molar-refractivity contribution in [2.45, 2.75) is 52.0 Å². The van der Waals surface area contributed by atoms with Gasteiger partial charge in [0.15, 0.2) is 0 Å². The lowest BCUT2D eigenvalue weighted by atomic mass is 9.71. The van der Waals surface area contributed by atoms with E-state index in [4.69, 9.17) is 0 Å². The highest BCUT2D eigenvalue weighted by molar-refractivity contribution is 6.15. The number of aromatic nitrogens is 2. The van der Waals surface area contributed by atoms with Crippen molar-refractivity contribution in [3.63, 3.8) is 0 Å². The van der Waals surface area contributed by atoms with Gasteiger partial charge in [0.1, 0.15) is 11.2 Å². The van der Waals surface area contributed by atoms with Crippen molar-refractivity contribution in [3.8, 4) is 0 Å². The fourth-order valence-corrected chi connectivity index (χ4v) is 4.30. The lowest BCUT2D eigenvalue weighted by Crippen LogP contribution is -2.47. The Morgan fingerprint density at radius 1 is 1.19 bits per heavy atom. The summed E-state index contributed by atoms with van der Waals surface area (Å²) in [7, 11) is 0. The molecule has 1 aromatic carbocycles. The van der Waals surface area contributed by atoms with Gasteiger partial charge in [0.25, 0.3) is 0 Å². The third kappa shape index (κ3) is 2.42. The van der Waals surface area contributed by atoms with Crippen molar-refractivity contribution in [3.05, 3.63) is 41.6 Å². The van der Waals surface area contributed by atoms with Crippen LogP contribution in [0.5, 0.6) is 0 Å². The monoisotopic (exact) mass is 366 g/mol. The maximum absolute atomic E-state index is 13.8. The van der Waals surface area contributed by atoms with Gasteiger partial charge in [0, 0.05) is 24.2 Å². The molecule has 6 nitrogen and oxygen atoms in total. The average molecular weight is 366 g/mol. The van der Waals surface area contributed by atoms with Crippen LogP contribution in [0.4, 0.5) is 11.5 Å². The van der Waals surface area contributed by atoms with E-state index in [0.717, 1.165) is 16.8 Å². The van der Waals surface area contributed by atoms with Gasteiger partial charge in [-0.3, -0.25) is 9.59 Å². The van der Waals surface area contributed by atoms with Crippen molar-refractivity contribution < 1.29 is 9.59 Å². The first kappa shape index (κ1) is 17.8. The number of para-hydroxylation sites is 1. The fraction of sp³-hybridized carbons (Fsp3) is 0.476. The number of anilines is 2. The van der Waals surface area contributed by atoms with Crippen LogP contribution in [0.3, 0.4) is 0 Å². The molecule has 27 heavy (non-hydrogen) atoms. The summed E-state index contributed by atoms with van der Waals surface area (Å²) in [6, 6.07) is 7.84. The smallest absolute Gasteiger partial charge is 0.242 e. The van der Waals surface area contributed by atoms with Crippen LogP contribution >= 0.6 is 0 Å². The molecule has 2 aliphatic heterocycles. The molecule has 2 aromatic rings. The number of nitrogens with zero attached hydrogens (tertiary/aromatic N) is 3. The van der Waals surface area contributed by atoms with Gasteiger partial charge in [0.2, 0.25) is 11.8 Å². The highest BCUT2D eigenvalue weighted by Gasteiger charge is 2.57. The molecule has 0 saturated carbocycles. The summed E-state index contributed by atoms with van der Waals surface area (Å²) in [5.74, 6) is 0.782. The molecule has 0 saturated heterocycles. The summed E-state index contributed by atoms with van der Waals surface area (Å²) >= 11 is 0. The van der Waals surface area contributed by atoms with Gasteiger partial charge in [-0.15, -0.1) is 0 Å². The number of hydrogen-bond acceptors (Lipinski definition) is 3. The van der Waals surface area contributed by atoms with E-state index in [9.17, 15) is 9.59 Å². The molecule has 0 bridgehead atoms. The van der Waals surface area contributed by atoms with E-state index >= 15 is 0 Å². The van der Waals surface area contributed by atoms with Crippen LogP contribution in [-0.4, -0.2) is 28.1 Å². The number of hydrogen-bond donors (Lipinski definition) is 1. The van der Waals surface area contributed by atoms with Crippen LogP contribution in [0.1, 0.15) is 52.2 Å². The summed E-state index contributed by atoms with van der Waals surface area (Å²) in [6.45, 7) is 10.9. The van der Waals surface area contributed by atoms with Gasteiger partial charge in [-0.2, -0.15) is 5.10 Å². The van der Waals surface area contributed by atoms with Gasteiger partial charge >= 0.3 is 0 Å². The molecule has 0 fully saturated rings. The first-order valence-electron chi connectivity index (χ1n) is 9.46. The largest absolute Gasteiger partial charge is 0.311 e. The maximum Gasteiger partial charge on any atom is 0.242 e. The predicted molar refractivity (Wildman–Crippen MR) is 105 cm³/mol. The van der Waals surface area contributed by atoms with Crippen LogP contribution in [0.25, 0.3) is 0 Å². The lowest BCUT2D eigenvalue weighted by molar-refractivity contribution is -0.126. The molecule has 1 spiro atoms. The third-order valence-electron chi connectivity index (χ3n) is 5.36. The Kier molecular flexibility index (Phi) is 3.74. The minimum atomic E-state index is -0.993. The van der Waals surface area contributed by atoms with E-state index in [-0.39, 0.29) is 23.8 Å². The van der Waals surface area contributed by atoms with E-state index in [1.54, 1.807) is 6.20 Å². The quantitative estimate of drug-likeness (QED) is 0.887. The molecule has 2 aliphatic rings. The highest BCUT2D eigenvalue weighted by atomic mass is 16.2. The molecule has 4 rings (SSSR count). The Morgan fingerprint density at radius 2 is 1.89 bits per heavy atom. The number of nitrogens with one attached hydrogen (secondary N) is 1. The Hall–Kier alpha value is -2.63. The molecule has 2 amide bonds. The molecular formula is C21H26N4O2. The Balaban J connectivity index is 1.98. The van der Waals surface area contributed by atoms with E-state index in [1.165, 1.54) is 0 Å². The normalized spacial score (nSPS) is 21.6. The molecule has 0 unspecified atom stereocenters. The topological polar surface area (TPSA) is 67.2 Å². The highest BCUT2D eigenvalue weighted by Crippen LogP contribution is 2.52. The zero-order valence-electron chi connectivity index (χ0n) is 16.5. The Bertz CT molecular complexity index is 938. The number of benzene rings is 1. The first-order valence-corrected chi connectivity index (χ1v) is 9.46. The second-order valence-electron chi connectivity index (χ2n) is 8.95. The molecule has 1 aromatic heterocycles. The minimum absolute atomic E-state index is 0.0260. The first-order chi connectivity index (χ1) is 12.7. The summed E-state index contributed by atoms with van der Waals surface area (Å²) in [5.41, 5.74) is 1.30. The van der Waals surface area contributed by atoms with Gasteiger partial charge in [-0.1, -0.05) is 32.0 Å². The second-order valence-corrected chi connectivity index (χ2v) is 8.95. The second kappa shape index (κ2) is 5.68. The molecular weight excluding hydrogens is 340 g/mol. The Morgan fingerprint density at radius 3 is 2.56 bits per heavy atom. The number of carbonyl (C=O) groups is 2. The molecule has 0 aliphatic carbocycles. The molecule has 6 heteroatoms. The molecule has 142 valence electrons. The van der Waals surface area contributed by atoms with Crippen molar-refractivity contribution in [2.24, 2.45) is 5.92 Å². The zero-order chi connectivity index (χ0) is 19.6. The van der Waals surface area contributed by atoms with E-state index in [2.05, 4.69) is 24.3 Å². The third-order valence-corrected chi connectivity index (χ3v) is 5.36. The molecule has 1 atom stereocenters. The summed E-state index contributed by atoms with van der Waals surface area (Å²) in [6.07, 6.45) is 1.87. The van der Waals surface area contributed by atoms with Crippen LogP contribution in [0.2, 0.25) is 0 Å². The van der Waals surface area contributed by atoms with Gasteiger partial charge in [-0.25, -0.2) is 4.68 Å². The van der Waals surface area contributed by atoms with Crippen molar-refractivity contribution in [2.75, 3.05) is 16.8 Å². The van der Waals surface area contributed by atoms with Crippen LogP contribution in [-0.2, 0) is 20.5 Å². The van der Waals surface area contributed by atoms with Gasteiger partial charge in [-0.05, 0) is 38.3 Å². The standard InChI is InChI=1S/C21H26N4O2/c1-13(2)12-24-16-9-7-6-8-14(16)21(19(24)27)10-17(26)23-18-15(21)11-22-25(18)20(3,4)5/h6-9,11,13H,10,12H2,1-5H3,(H,23,26)/t21-/m0/s1. The number of carbonyl (C=O) groups excluding carboxylic acids is 2. The van der Waals surface area contributed by atoms with Crippen LogP contribution < -0.4 is 10.2 Å². The van der Waals surface area contributed by atoms with Gasteiger partial charge < -0.3 is 10.2 Å². The van der Waals surface area contributed by atoms with E-state index in [1.807, 2.05) is 54.6 Å². The molecule has 3 heterocycles. The number of rotatable bonds is 2. The van der Waals surface area contributed by atoms with Crippen molar-refractivity contribution in [1.29, 1.82) is 0 Å². The molecule has 0 radical (unpaired) electrons. The summed E-state index contributed by atoms with van der Waals surface area (Å²) in [5, 5.41) is 7.51. The van der Waals surface area contributed by atoms with Crippen molar-refractivity contribution >= 4 is 23.3 Å². The minimum Gasteiger partial charge on any atom is -0.311 e. The van der Waals surface area contributed by atoms with Crippen molar-refractivity contribution in [1.82, 2.24) is 9.78 Å². The fourth-order valence-electron chi connectivity index (χ4n) is 4.30. The average Bonchev–Trinajstić information content (AvgIpc) is 3.10. The zero-order valence-corrected chi connectivity index (χ0v) is 16.5. The molecule has 1 N–H and O–H groups in total. The SMILES string of the molecule is CC(C)CN1C(=O)[C@@]2(CC(=O)Nc3c2cnn3C(C)(C)C)c2ccccc21. The Labute approximate surface area is 159 Å². The van der Waals surface area contributed by atoms with Crippen LogP contribution in [0.15, 0.2) is 30.5 Å².